The molecule has 0 bridgehead atoms. The Hall–Kier alpha value is -0.740. The highest BCUT2D eigenvalue weighted by Crippen LogP contribution is 1.95. The van der Waals surface area contributed by atoms with E-state index in [0.717, 1.165) is 12.8 Å². The van der Waals surface area contributed by atoms with Crippen LogP contribution in [0.4, 0.5) is 0 Å². The molecule has 10 heavy (non-hydrogen) atoms. The lowest BCUT2D eigenvalue weighted by Gasteiger charge is -2.08. The number of nitrogens with one attached hydrogen (secondary N) is 1. The van der Waals surface area contributed by atoms with E-state index in [4.69, 9.17) is 0 Å². The Labute approximate surface area is 63.5 Å². The maximum absolute atomic E-state index is 3.67. The number of rotatable bonds is 4. The van der Waals surface area contributed by atoms with Gasteiger partial charge in [0.25, 0.3) is 0 Å². The summed E-state index contributed by atoms with van der Waals surface area (Å²) in [7, 11) is 1.95. The summed E-state index contributed by atoms with van der Waals surface area (Å²) in [6.45, 7) is 5.53. The monoisotopic (exact) mass is 137 g/mol. The molecule has 0 aliphatic heterocycles. The highest BCUT2D eigenvalue weighted by atomic mass is 14.9. The molecule has 1 unspecified atom stereocenters. The summed E-state index contributed by atoms with van der Waals surface area (Å²) >= 11 is 0. The van der Waals surface area contributed by atoms with Gasteiger partial charge in [0.1, 0.15) is 0 Å². The molecule has 0 aromatic rings. The van der Waals surface area contributed by atoms with Crippen molar-refractivity contribution in [2.45, 2.75) is 25.8 Å². The van der Waals surface area contributed by atoms with Crippen LogP contribution in [0, 0.1) is 11.8 Å². The average molecular weight is 137 g/mol. The first-order valence-electron chi connectivity index (χ1n) is 3.53. The quantitative estimate of drug-likeness (QED) is 0.458. The molecule has 0 amide bonds. The van der Waals surface area contributed by atoms with Crippen LogP contribution in [0.25, 0.3) is 0 Å². The van der Waals surface area contributed by atoms with Gasteiger partial charge in [0.2, 0.25) is 0 Å². The third-order valence-electron chi connectivity index (χ3n) is 1.38. The van der Waals surface area contributed by atoms with Crippen molar-refractivity contribution in [3.05, 3.63) is 12.7 Å². The Kier molecular flexibility index (Phi) is 5.91. The molecule has 0 fully saturated rings. The fourth-order valence-corrected chi connectivity index (χ4v) is 0.730. The summed E-state index contributed by atoms with van der Waals surface area (Å²) < 4.78 is 0. The second kappa shape index (κ2) is 6.38. The average Bonchev–Trinajstić information content (AvgIpc) is 1.98. The predicted molar refractivity (Wildman–Crippen MR) is 45.7 cm³/mol. The highest BCUT2D eigenvalue weighted by molar-refractivity contribution is 4.98. The summed E-state index contributed by atoms with van der Waals surface area (Å²) in [4.78, 5) is 0. The molecule has 0 spiro atoms. The first kappa shape index (κ1) is 9.26. The Morgan fingerprint density at radius 1 is 1.70 bits per heavy atom. The van der Waals surface area contributed by atoms with Gasteiger partial charge < -0.3 is 5.32 Å². The van der Waals surface area contributed by atoms with E-state index in [1.54, 1.807) is 0 Å². The molecule has 1 atom stereocenters. The first-order valence-corrected chi connectivity index (χ1v) is 3.53. The van der Waals surface area contributed by atoms with Crippen molar-refractivity contribution in [2.24, 2.45) is 0 Å². The fourth-order valence-electron chi connectivity index (χ4n) is 0.730. The lowest BCUT2D eigenvalue weighted by atomic mass is 10.1. The van der Waals surface area contributed by atoms with Crippen molar-refractivity contribution in [3.63, 3.8) is 0 Å². The van der Waals surface area contributed by atoms with Crippen LogP contribution >= 0.6 is 0 Å². The highest BCUT2D eigenvalue weighted by Gasteiger charge is 1.98. The second-order valence-electron chi connectivity index (χ2n) is 2.14. The number of hydrogen-bond donors (Lipinski definition) is 1. The molecule has 0 saturated heterocycles. The Morgan fingerprint density at radius 2 is 2.40 bits per heavy atom. The van der Waals surface area contributed by atoms with E-state index < -0.39 is 0 Å². The van der Waals surface area contributed by atoms with E-state index >= 15 is 0 Å². The fraction of sp³-hybridized carbons (Fsp3) is 0.556. The van der Waals surface area contributed by atoms with Crippen LogP contribution in [0.3, 0.4) is 0 Å². The zero-order chi connectivity index (χ0) is 7.82. The van der Waals surface area contributed by atoms with Gasteiger partial charge >= 0.3 is 0 Å². The lowest BCUT2D eigenvalue weighted by Crippen LogP contribution is -2.23. The molecule has 1 nitrogen and oxygen atoms in total. The lowest BCUT2D eigenvalue weighted by molar-refractivity contribution is 0.583. The molecule has 0 aliphatic rings. The van der Waals surface area contributed by atoms with Gasteiger partial charge in [-0.1, -0.05) is 6.08 Å². The van der Waals surface area contributed by atoms with E-state index in [2.05, 4.69) is 23.7 Å². The molecule has 0 aliphatic carbocycles. The van der Waals surface area contributed by atoms with E-state index in [0.29, 0.717) is 6.04 Å². The topological polar surface area (TPSA) is 12.0 Å². The van der Waals surface area contributed by atoms with Crippen LogP contribution in [0.5, 0.6) is 0 Å². The van der Waals surface area contributed by atoms with Crippen molar-refractivity contribution in [2.75, 3.05) is 7.05 Å². The standard InChI is InChI=1S/C9H15N/c1-4-6-8-9(10-3)7-5-2/h5,9-10H,2,7-8H2,1,3H3. The minimum Gasteiger partial charge on any atom is -0.316 e. The SMILES string of the molecule is C=CCC(CC#CC)NC. The molecule has 0 radical (unpaired) electrons. The third-order valence-corrected chi connectivity index (χ3v) is 1.38. The zero-order valence-corrected chi connectivity index (χ0v) is 6.78. The van der Waals surface area contributed by atoms with Gasteiger partial charge in [-0.05, 0) is 20.4 Å². The molecule has 0 heterocycles. The van der Waals surface area contributed by atoms with E-state index in [1.165, 1.54) is 0 Å². The molecular weight excluding hydrogens is 122 g/mol. The number of hydrogen-bond acceptors (Lipinski definition) is 1. The van der Waals surface area contributed by atoms with Crippen LogP contribution in [0.2, 0.25) is 0 Å². The van der Waals surface area contributed by atoms with Gasteiger partial charge in [0.15, 0.2) is 0 Å². The Balaban J connectivity index is 3.55. The van der Waals surface area contributed by atoms with Crippen molar-refractivity contribution in [1.29, 1.82) is 0 Å². The maximum Gasteiger partial charge on any atom is 0.0246 e. The molecule has 1 N–H and O–H groups in total. The second-order valence-corrected chi connectivity index (χ2v) is 2.14. The van der Waals surface area contributed by atoms with E-state index in [9.17, 15) is 0 Å². The summed E-state index contributed by atoms with van der Waals surface area (Å²) in [6, 6.07) is 0.477. The smallest absolute Gasteiger partial charge is 0.0246 e. The molecule has 56 valence electrons. The molecule has 1 heteroatoms. The first-order chi connectivity index (χ1) is 4.85. The summed E-state index contributed by atoms with van der Waals surface area (Å²) in [6.07, 6.45) is 3.82. The van der Waals surface area contributed by atoms with Gasteiger partial charge in [-0.25, -0.2) is 0 Å². The minimum absolute atomic E-state index is 0.477. The zero-order valence-electron chi connectivity index (χ0n) is 6.78. The van der Waals surface area contributed by atoms with Crippen molar-refractivity contribution in [1.82, 2.24) is 5.32 Å². The summed E-state index contributed by atoms with van der Waals surface area (Å²) in [5.74, 6) is 5.89. The van der Waals surface area contributed by atoms with Crippen LogP contribution in [-0.2, 0) is 0 Å². The van der Waals surface area contributed by atoms with Crippen LogP contribution in [-0.4, -0.2) is 13.1 Å². The molecule has 0 rings (SSSR count). The minimum atomic E-state index is 0.477. The predicted octanol–water partition coefficient (Wildman–Crippen LogP) is 1.56. The van der Waals surface area contributed by atoms with Crippen molar-refractivity contribution in [3.8, 4) is 11.8 Å². The third kappa shape index (κ3) is 4.17. The maximum atomic E-state index is 3.67. The molecule has 0 aromatic carbocycles. The molecule has 0 aromatic heterocycles. The Morgan fingerprint density at radius 3 is 2.80 bits per heavy atom. The van der Waals surface area contributed by atoms with Crippen LogP contribution in [0.15, 0.2) is 12.7 Å². The van der Waals surface area contributed by atoms with E-state index in [-0.39, 0.29) is 0 Å². The van der Waals surface area contributed by atoms with Crippen molar-refractivity contribution < 1.29 is 0 Å². The van der Waals surface area contributed by atoms with Gasteiger partial charge in [-0.3, -0.25) is 0 Å². The summed E-state index contributed by atoms with van der Waals surface area (Å²) in [5, 5.41) is 3.16. The Bertz CT molecular complexity index is 139. The molecule has 0 saturated carbocycles. The molecular formula is C9H15N. The van der Waals surface area contributed by atoms with Gasteiger partial charge in [-0.15, -0.1) is 18.4 Å². The van der Waals surface area contributed by atoms with Crippen molar-refractivity contribution >= 4 is 0 Å². The van der Waals surface area contributed by atoms with E-state index in [1.807, 2.05) is 20.0 Å². The normalized spacial score (nSPS) is 11.4. The van der Waals surface area contributed by atoms with Gasteiger partial charge in [-0.2, -0.15) is 0 Å². The van der Waals surface area contributed by atoms with Crippen LogP contribution < -0.4 is 5.32 Å². The van der Waals surface area contributed by atoms with Crippen LogP contribution in [0.1, 0.15) is 19.8 Å². The van der Waals surface area contributed by atoms with Gasteiger partial charge in [0.05, 0.1) is 0 Å². The summed E-state index contributed by atoms with van der Waals surface area (Å²) in [5.41, 5.74) is 0. The van der Waals surface area contributed by atoms with Gasteiger partial charge in [0, 0.05) is 12.5 Å². The largest absolute Gasteiger partial charge is 0.316 e.